The van der Waals surface area contributed by atoms with E-state index in [0.717, 1.165) is 29.7 Å². The summed E-state index contributed by atoms with van der Waals surface area (Å²) in [6.45, 7) is 10.2. The number of fused-ring (bicyclic) bond motifs is 5. The van der Waals surface area contributed by atoms with Gasteiger partial charge in [-0.15, -0.1) is 0 Å². The zero-order chi connectivity index (χ0) is 18.7. The van der Waals surface area contributed by atoms with E-state index in [0.29, 0.717) is 5.92 Å². The first-order valence-corrected chi connectivity index (χ1v) is 9.91. The number of aliphatic hydroxyl groups is 2. The molecule has 5 unspecified atom stereocenters. The van der Waals surface area contributed by atoms with Crippen molar-refractivity contribution >= 4 is 0 Å². The van der Waals surface area contributed by atoms with Crippen LogP contribution in [0.25, 0.3) is 0 Å². The summed E-state index contributed by atoms with van der Waals surface area (Å²) in [5, 5.41) is 19.2. The van der Waals surface area contributed by atoms with E-state index in [2.05, 4.69) is 25.3 Å². The van der Waals surface area contributed by atoms with Gasteiger partial charge >= 0.3 is 0 Å². The molecule has 140 valence electrons. The maximum atomic E-state index is 9.85. The molecule has 3 aliphatic rings. The van der Waals surface area contributed by atoms with E-state index in [-0.39, 0.29) is 17.8 Å². The van der Waals surface area contributed by atoms with Crippen LogP contribution in [0.15, 0.2) is 72.6 Å². The molecule has 26 heavy (non-hydrogen) atoms. The first-order chi connectivity index (χ1) is 12.6. The maximum Gasteiger partial charge on any atom is 0.111 e. The summed E-state index contributed by atoms with van der Waals surface area (Å²) >= 11 is 0. The smallest absolute Gasteiger partial charge is 0.111 e. The van der Waals surface area contributed by atoms with Gasteiger partial charge in [0.05, 0.1) is 6.61 Å². The number of aliphatic hydroxyl groups excluding tert-OH is 2. The molecule has 0 amide bonds. The molecule has 0 aromatic carbocycles. The average Bonchev–Trinajstić information content (AvgIpc) is 3.34. The Morgan fingerprint density at radius 1 is 1.19 bits per heavy atom. The third-order valence-electron chi connectivity index (χ3n) is 7.06. The molecule has 0 radical (unpaired) electrons. The van der Waals surface area contributed by atoms with Crippen molar-refractivity contribution in [2.75, 3.05) is 6.61 Å². The van der Waals surface area contributed by atoms with Crippen LogP contribution in [-0.2, 0) is 0 Å². The summed E-state index contributed by atoms with van der Waals surface area (Å²) < 4.78 is 0. The second-order valence-corrected chi connectivity index (χ2v) is 8.05. The third-order valence-corrected chi connectivity index (χ3v) is 7.06. The fourth-order valence-corrected chi connectivity index (χ4v) is 6.12. The van der Waals surface area contributed by atoms with Crippen LogP contribution in [0.1, 0.15) is 39.0 Å². The summed E-state index contributed by atoms with van der Waals surface area (Å²) in [4.78, 5) is 0. The Balaban J connectivity index is 2.04. The van der Waals surface area contributed by atoms with Crippen LogP contribution in [0.3, 0.4) is 0 Å². The molecular formula is C24H32O2. The maximum absolute atomic E-state index is 9.85. The van der Waals surface area contributed by atoms with Crippen LogP contribution in [0.5, 0.6) is 0 Å². The van der Waals surface area contributed by atoms with Gasteiger partial charge in [0.15, 0.2) is 0 Å². The first-order valence-electron chi connectivity index (χ1n) is 9.91. The molecule has 0 saturated heterocycles. The van der Waals surface area contributed by atoms with E-state index >= 15 is 0 Å². The Bertz CT molecular complexity index is 678. The van der Waals surface area contributed by atoms with E-state index in [4.69, 9.17) is 0 Å². The highest BCUT2D eigenvalue weighted by Crippen LogP contribution is 2.70. The lowest BCUT2D eigenvalue weighted by Gasteiger charge is -2.45. The Hall–Kier alpha value is -1.80. The summed E-state index contributed by atoms with van der Waals surface area (Å²) in [7, 11) is 0. The number of rotatable bonds is 7. The first kappa shape index (κ1) is 19.0. The number of allylic oxidation sites excluding steroid dienone is 8. The van der Waals surface area contributed by atoms with E-state index in [1.165, 1.54) is 31.3 Å². The van der Waals surface area contributed by atoms with Gasteiger partial charge in [-0.05, 0) is 79.6 Å². The van der Waals surface area contributed by atoms with Crippen LogP contribution >= 0.6 is 0 Å². The van der Waals surface area contributed by atoms with Crippen molar-refractivity contribution < 1.29 is 10.2 Å². The molecule has 3 aliphatic carbocycles. The minimum Gasteiger partial charge on any atom is -0.508 e. The van der Waals surface area contributed by atoms with Crippen LogP contribution in [0.2, 0.25) is 0 Å². The van der Waals surface area contributed by atoms with Crippen molar-refractivity contribution in [3.63, 3.8) is 0 Å². The highest BCUT2D eigenvalue weighted by atomic mass is 16.3. The zero-order valence-corrected chi connectivity index (χ0v) is 15.9. The third kappa shape index (κ3) is 3.05. The SMILES string of the molecule is C=C/C=C(\C=C/CO)C1(C(=C)/C=C\C(O)=C/C)CC2CC1C1CCCC21. The lowest BCUT2D eigenvalue weighted by atomic mass is 9.58. The van der Waals surface area contributed by atoms with Gasteiger partial charge in [0.1, 0.15) is 5.76 Å². The quantitative estimate of drug-likeness (QED) is 0.458. The number of hydrogen-bond acceptors (Lipinski definition) is 2. The molecule has 0 aromatic heterocycles. The van der Waals surface area contributed by atoms with E-state index < -0.39 is 0 Å². The highest BCUT2D eigenvalue weighted by Gasteiger charge is 2.61. The molecule has 2 N–H and O–H groups in total. The van der Waals surface area contributed by atoms with Crippen LogP contribution in [0.4, 0.5) is 0 Å². The fourth-order valence-electron chi connectivity index (χ4n) is 6.12. The lowest BCUT2D eigenvalue weighted by molar-refractivity contribution is 0.153. The van der Waals surface area contributed by atoms with Gasteiger partial charge in [-0.1, -0.05) is 50.0 Å². The molecule has 2 bridgehead atoms. The van der Waals surface area contributed by atoms with Crippen molar-refractivity contribution in [3.8, 4) is 0 Å². The van der Waals surface area contributed by atoms with E-state index in [1.54, 1.807) is 12.2 Å². The standard InChI is InChI=1S/C24H32O2/c1-4-8-19(9-7-14-25)24(17(3)12-13-20(26)5-2)16-18-15-23(24)22-11-6-10-21(18)22/h4-5,7-9,12-13,18,21-23,25-26H,1,3,6,10-11,14-16H2,2H3/b9-7-,13-12-,19-8+,20-5+. The van der Waals surface area contributed by atoms with Gasteiger partial charge in [-0.25, -0.2) is 0 Å². The van der Waals surface area contributed by atoms with Crippen LogP contribution in [0, 0.1) is 29.1 Å². The van der Waals surface area contributed by atoms with Crippen molar-refractivity contribution in [2.45, 2.75) is 39.0 Å². The second-order valence-electron chi connectivity index (χ2n) is 8.05. The zero-order valence-electron chi connectivity index (χ0n) is 15.9. The molecule has 0 aliphatic heterocycles. The summed E-state index contributed by atoms with van der Waals surface area (Å²) in [6, 6.07) is 0. The van der Waals surface area contributed by atoms with Gasteiger partial charge in [-0.3, -0.25) is 0 Å². The van der Waals surface area contributed by atoms with Crippen molar-refractivity contribution in [1.82, 2.24) is 0 Å². The highest BCUT2D eigenvalue weighted by molar-refractivity contribution is 5.46. The predicted molar refractivity (Wildman–Crippen MR) is 109 cm³/mol. The Labute approximate surface area is 158 Å². The monoisotopic (exact) mass is 352 g/mol. The van der Waals surface area contributed by atoms with Crippen molar-refractivity contribution in [1.29, 1.82) is 0 Å². The van der Waals surface area contributed by atoms with E-state index in [1.807, 2.05) is 25.2 Å². The van der Waals surface area contributed by atoms with Crippen LogP contribution < -0.4 is 0 Å². The summed E-state index contributed by atoms with van der Waals surface area (Å²) in [5.41, 5.74) is 2.16. The predicted octanol–water partition coefficient (Wildman–Crippen LogP) is 5.66. The molecule has 3 saturated carbocycles. The van der Waals surface area contributed by atoms with Gasteiger partial charge in [0, 0.05) is 5.41 Å². The van der Waals surface area contributed by atoms with Crippen molar-refractivity contribution in [2.24, 2.45) is 29.1 Å². The molecule has 0 aromatic rings. The Morgan fingerprint density at radius 3 is 2.65 bits per heavy atom. The molecule has 2 nitrogen and oxygen atoms in total. The molecule has 0 heterocycles. The molecule has 3 fully saturated rings. The topological polar surface area (TPSA) is 40.5 Å². The molecule has 3 rings (SSSR count). The largest absolute Gasteiger partial charge is 0.508 e. The summed E-state index contributed by atoms with van der Waals surface area (Å²) in [6.07, 6.45) is 19.7. The number of hydrogen-bond donors (Lipinski definition) is 2. The van der Waals surface area contributed by atoms with Gasteiger partial charge < -0.3 is 10.2 Å². The minimum absolute atomic E-state index is 0.0341. The minimum atomic E-state index is -0.111. The molecule has 2 heteroatoms. The van der Waals surface area contributed by atoms with E-state index in [9.17, 15) is 10.2 Å². The van der Waals surface area contributed by atoms with Crippen molar-refractivity contribution in [3.05, 3.63) is 72.6 Å². The fraction of sp³-hybridized carbons (Fsp3) is 0.500. The molecular weight excluding hydrogens is 320 g/mol. The summed E-state index contributed by atoms with van der Waals surface area (Å²) in [5.74, 6) is 3.30. The molecule has 0 spiro atoms. The van der Waals surface area contributed by atoms with Gasteiger partial charge in [0.25, 0.3) is 0 Å². The second kappa shape index (κ2) is 7.84. The van der Waals surface area contributed by atoms with Gasteiger partial charge in [-0.2, -0.15) is 0 Å². The Morgan fingerprint density at radius 2 is 1.96 bits per heavy atom. The average molecular weight is 353 g/mol. The molecule has 5 atom stereocenters. The van der Waals surface area contributed by atoms with Gasteiger partial charge in [0.2, 0.25) is 0 Å². The van der Waals surface area contributed by atoms with Crippen LogP contribution in [-0.4, -0.2) is 16.8 Å². The normalized spacial score (nSPS) is 37.0. The Kier molecular flexibility index (Phi) is 5.72. The lowest BCUT2D eigenvalue weighted by Crippen LogP contribution is -2.37.